The van der Waals surface area contributed by atoms with Crippen LogP contribution in [0.15, 0.2) is 75.9 Å². The topological polar surface area (TPSA) is 79.7 Å². The molecule has 1 aromatic carbocycles. The number of halogens is 1. The van der Waals surface area contributed by atoms with Crippen LogP contribution in [0.3, 0.4) is 0 Å². The SMILES string of the molecule is C=CC12CC(CN)=C(Nc3ccc(F)cc3)C=C1CCN(SC(=CN)C(C)=NC)C2. The summed E-state index contributed by atoms with van der Waals surface area (Å²) in [4.78, 5) is 5.22. The number of aliphatic imine (C=N–C) groups is 1. The summed E-state index contributed by atoms with van der Waals surface area (Å²) in [6.07, 6.45) is 7.61. The van der Waals surface area contributed by atoms with Crippen molar-refractivity contribution in [3.8, 4) is 0 Å². The number of fused-ring (bicyclic) bond motifs is 1. The van der Waals surface area contributed by atoms with E-state index in [9.17, 15) is 4.39 Å². The van der Waals surface area contributed by atoms with Crippen LogP contribution in [0.4, 0.5) is 10.1 Å². The molecule has 0 spiro atoms. The van der Waals surface area contributed by atoms with Crippen molar-refractivity contribution < 1.29 is 4.39 Å². The van der Waals surface area contributed by atoms with E-state index < -0.39 is 0 Å². The van der Waals surface area contributed by atoms with E-state index >= 15 is 0 Å². The summed E-state index contributed by atoms with van der Waals surface area (Å²) in [5, 5.41) is 3.42. The van der Waals surface area contributed by atoms with E-state index in [0.717, 1.165) is 53.5 Å². The standard InChI is InChI=1S/C23H30FN5S/c1-4-23-12-17(13-25)21(28-20-7-5-19(24)6-8-20)11-18(23)9-10-29(15-23)30-22(14-26)16(2)27-3/h4-8,11,14,28H,1,9-10,12-13,15,25-26H2,2-3H3. The zero-order valence-electron chi connectivity index (χ0n) is 17.6. The van der Waals surface area contributed by atoms with Crippen molar-refractivity contribution in [2.75, 3.05) is 32.0 Å². The van der Waals surface area contributed by atoms with Crippen LogP contribution in [-0.4, -0.2) is 36.7 Å². The minimum absolute atomic E-state index is 0.162. The predicted octanol–water partition coefficient (Wildman–Crippen LogP) is 4.20. The van der Waals surface area contributed by atoms with Gasteiger partial charge in [-0.05, 0) is 67.6 Å². The maximum atomic E-state index is 13.2. The molecule has 2 aliphatic rings. The lowest BCUT2D eigenvalue weighted by Gasteiger charge is -2.45. The van der Waals surface area contributed by atoms with E-state index in [1.54, 1.807) is 37.3 Å². The number of hydrogen-bond acceptors (Lipinski definition) is 6. The number of nitrogens with zero attached hydrogens (tertiary/aromatic N) is 2. The summed E-state index contributed by atoms with van der Waals surface area (Å²) in [6, 6.07) is 6.38. The first-order valence-corrected chi connectivity index (χ1v) is 10.8. The Morgan fingerprint density at radius 3 is 2.73 bits per heavy atom. The second-order valence-electron chi connectivity index (χ2n) is 7.60. The number of allylic oxidation sites excluding steroid dienone is 2. The fourth-order valence-electron chi connectivity index (χ4n) is 3.93. The van der Waals surface area contributed by atoms with Gasteiger partial charge in [0.2, 0.25) is 0 Å². The van der Waals surface area contributed by atoms with Crippen LogP contribution < -0.4 is 16.8 Å². The highest BCUT2D eigenvalue weighted by Gasteiger charge is 2.40. The van der Waals surface area contributed by atoms with Crippen molar-refractivity contribution in [2.24, 2.45) is 21.9 Å². The Bertz CT molecular complexity index is 916. The molecule has 0 aromatic heterocycles. The van der Waals surface area contributed by atoms with E-state index in [1.807, 2.05) is 6.92 Å². The zero-order valence-corrected chi connectivity index (χ0v) is 18.4. The smallest absolute Gasteiger partial charge is 0.123 e. The Balaban J connectivity index is 1.83. The van der Waals surface area contributed by atoms with Gasteiger partial charge in [-0.25, -0.2) is 8.70 Å². The summed E-state index contributed by atoms with van der Waals surface area (Å²) < 4.78 is 15.6. The second-order valence-corrected chi connectivity index (χ2v) is 8.74. The van der Waals surface area contributed by atoms with Gasteiger partial charge >= 0.3 is 0 Å². The van der Waals surface area contributed by atoms with Gasteiger partial charge in [0.05, 0.1) is 4.91 Å². The fourth-order valence-corrected chi connectivity index (χ4v) is 4.97. The van der Waals surface area contributed by atoms with Crippen LogP contribution in [0.25, 0.3) is 0 Å². The van der Waals surface area contributed by atoms with Crippen LogP contribution in [-0.2, 0) is 0 Å². The number of rotatable bonds is 7. The van der Waals surface area contributed by atoms with E-state index in [4.69, 9.17) is 11.5 Å². The maximum Gasteiger partial charge on any atom is 0.123 e. The lowest BCUT2D eigenvalue weighted by Crippen LogP contribution is -2.43. The zero-order chi connectivity index (χ0) is 21.7. The average Bonchev–Trinajstić information content (AvgIpc) is 2.78. The van der Waals surface area contributed by atoms with E-state index in [2.05, 4.69) is 33.3 Å². The van der Waals surface area contributed by atoms with Gasteiger partial charge in [0, 0.05) is 55.4 Å². The number of anilines is 1. The van der Waals surface area contributed by atoms with E-state index in [-0.39, 0.29) is 11.2 Å². The first kappa shape index (κ1) is 22.3. The average molecular weight is 428 g/mol. The highest BCUT2D eigenvalue weighted by atomic mass is 32.2. The molecule has 0 amide bonds. The third-order valence-corrected chi connectivity index (χ3v) is 6.99. The molecule has 3 rings (SSSR count). The molecule has 0 saturated carbocycles. The summed E-state index contributed by atoms with van der Waals surface area (Å²) in [5.74, 6) is -0.250. The molecule has 1 aliphatic heterocycles. The van der Waals surface area contributed by atoms with E-state index in [1.165, 1.54) is 17.7 Å². The minimum atomic E-state index is -0.250. The molecule has 1 atom stereocenters. The van der Waals surface area contributed by atoms with Gasteiger partial charge in [0.25, 0.3) is 0 Å². The highest BCUT2D eigenvalue weighted by molar-refractivity contribution is 8.01. The molecule has 1 heterocycles. The second kappa shape index (κ2) is 9.64. The fraction of sp³-hybridized carbons (Fsp3) is 0.348. The molecule has 30 heavy (non-hydrogen) atoms. The lowest BCUT2D eigenvalue weighted by molar-refractivity contribution is 0.275. The third kappa shape index (κ3) is 4.69. The summed E-state index contributed by atoms with van der Waals surface area (Å²) in [5.41, 5.74) is 17.0. The van der Waals surface area contributed by atoms with Crippen molar-refractivity contribution in [1.82, 2.24) is 4.31 Å². The molecule has 0 bridgehead atoms. The lowest BCUT2D eigenvalue weighted by atomic mass is 9.68. The van der Waals surface area contributed by atoms with Gasteiger partial charge in [-0.15, -0.1) is 6.58 Å². The van der Waals surface area contributed by atoms with Gasteiger partial charge in [0.15, 0.2) is 0 Å². The van der Waals surface area contributed by atoms with Crippen molar-refractivity contribution in [1.29, 1.82) is 0 Å². The highest BCUT2D eigenvalue weighted by Crippen LogP contribution is 2.47. The normalized spacial score (nSPS) is 23.1. The van der Waals surface area contributed by atoms with Gasteiger partial charge in [0.1, 0.15) is 5.82 Å². The number of nitrogens with one attached hydrogen (secondary N) is 1. The van der Waals surface area contributed by atoms with Gasteiger partial charge in [-0.3, -0.25) is 4.99 Å². The number of hydrogen-bond donors (Lipinski definition) is 3. The molecule has 1 saturated heterocycles. The monoisotopic (exact) mass is 427 g/mol. The third-order valence-electron chi connectivity index (χ3n) is 5.79. The maximum absolute atomic E-state index is 13.2. The summed E-state index contributed by atoms with van der Waals surface area (Å²) >= 11 is 1.65. The molecule has 1 aliphatic carbocycles. The van der Waals surface area contributed by atoms with Crippen LogP contribution >= 0.6 is 11.9 Å². The Hall–Kier alpha value is -2.35. The van der Waals surface area contributed by atoms with Crippen LogP contribution in [0.5, 0.6) is 0 Å². The van der Waals surface area contributed by atoms with Crippen LogP contribution in [0.2, 0.25) is 0 Å². The molecule has 5 nitrogen and oxygen atoms in total. The van der Waals surface area contributed by atoms with E-state index in [0.29, 0.717) is 6.54 Å². The predicted molar refractivity (Wildman–Crippen MR) is 127 cm³/mol. The number of benzene rings is 1. The minimum Gasteiger partial charge on any atom is -0.404 e. The largest absolute Gasteiger partial charge is 0.404 e. The van der Waals surface area contributed by atoms with Crippen molar-refractivity contribution in [2.45, 2.75) is 19.8 Å². The number of nitrogens with two attached hydrogens (primary N) is 2. The van der Waals surface area contributed by atoms with Crippen molar-refractivity contribution >= 4 is 23.3 Å². The quantitative estimate of drug-likeness (QED) is 0.345. The first-order chi connectivity index (χ1) is 14.4. The molecule has 1 fully saturated rings. The van der Waals surface area contributed by atoms with Gasteiger partial charge < -0.3 is 16.8 Å². The van der Waals surface area contributed by atoms with Crippen LogP contribution in [0, 0.1) is 11.2 Å². The Kier molecular flexibility index (Phi) is 7.18. The summed E-state index contributed by atoms with van der Waals surface area (Å²) in [6.45, 7) is 8.32. The molecular weight excluding hydrogens is 397 g/mol. The molecular formula is C23H30FN5S. The van der Waals surface area contributed by atoms with Gasteiger partial charge in [-0.2, -0.15) is 0 Å². The Labute approximate surface area is 182 Å². The molecule has 5 N–H and O–H groups in total. The molecule has 1 aromatic rings. The molecule has 160 valence electrons. The molecule has 0 radical (unpaired) electrons. The number of piperidine rings is 1. The van der Waals surface area contributed by atoms with Crippen LogP contribution in [0.1, 0.15) is 19.8 Å². The van der Waals surface area contributed by atoms with Crippen molar-refractivity contribution in [3.05, 3.63) is 76.8 Å². The molecule has 7 heteroatoms. The van der Waals surface area contributed by atoms with Crippen molar-refractivity contribution in [3.63, 3.8) is 0 Å². The summed E-state index contributed by atoms with van der Waals surface area (Å²) in [7, 11) is 1.77. The molecule has 1 unspecified atom stereocenters. The van der Waals surface area contributed by atoms with Gasteiger partial charge in [-0.1, -0.05) is 11.6 Å². The Morgan fingerprint density at radius 1 is 1.40 bits per heavy atom. The Morgan fingerprint density at radius 2 is 2.13 bits per heavy atom. The first-order valence-electron chi connectivity index (χ1n) is 10.0.